The summed E-state index contributed by atoms with van der Waals surface area (Å²) >= 11 is 0. The Hall–Kier alpha value is -0.570. The molecule has 0 aromatic rings. The number of likely N-dealkylation sites (N-methyl/N-ethyl adjacent to an activating group) is 1. The Kier molecular flexibility index (Phi) is 4.11. The van der Waals surface area contributed by atoms with Gasteiger partial charge in [0.2, 0.25) is 0 Å². The lowest BCUT2D eigenvalue weighted by Gasteiger charge is -2.37. The summed E-state index contributed by atoms with van der Waals surface area (Å²) in [4.78, 5) is 7.40. The fourth-order valence-corrected chi connectivity index (χ4v) is 4.55. The molecule has 3 nitrogen and oxygen atoms in total. The first-order chi connectivity index (χ1) is 9.28. The molecule has 2 aliphatic carbocycles. The number of hydrogen-bond acceptors (Lipinski definition) is 2. The average molecular weight is 263 g/mol. The van der Waals surface area contributed by atoms with Crippen LogP contribution in [-0.4, -0.2) is 43.0 Å². The van der Waals surface area contributed by atoms with Crippen molar-refractivity contribution in [2.45, 2.75) is 52.0 Å². The molecular formula is C16H29N3. The molecule has 0 amide bonds. The molecule has 0 aromatic heterocycles. The lowest BCUT2D eigenvalue weighted by atomic mass is 9.68. The van der Waals surface area contributed by atoms with E-state index in [-0.39, 0.29) is 0 Å². The van der Waals surface area contributed by atoms with Gasteiger partial charge in [-0.15, -0.1) is 0 Å². The second-order valence-corrected chi connectivity index (χ2v) is 6.74. The summed E-state index contributed by atoms with van der Waals surface area (Å²) in [5.41, 5.74) is 0. The minimum Gasteiger partial charge on any atom is -0.371 e. The second kappa shape index (κ2) is 5.82. The topological polar surface area (TPSA) is 27.6 Å². The molecular weight excluding hydrogens is 234 g/mol. The minimum absolute atomic E-state index is 0.739. The van der Waals surface area contributed by atoms with E-state index in [1.54, 1.807) is 0 Å². The highest BCUT2D eigenvalue weighted by Crippen LogP contribution is 2.45. The third-order valence-corrected chi connectivity index (χ3v) is 5.47. The quantitative estimate of drug-likeness (QED) is 0.825. The van der Waals surface area contributed by atoms with Crippen molar-refractivity contribution in [3.05, 3.63) is 0 Å². The van der Waals surface area contributed by atoms with Crippen molar-refractivity contribution in [3.63, 3.8) is 0 Å². The van der Waals surface area contributed by atoms with Gasteiger partial charge in [0.05, 0.1) is 12.4 Å². The van der Waals surface area contributed by atoms with Crippen molar-refractivity contribution in [3.8, 4) is 0 Å². The van der Waals surface area contributed by atoms with E-state index in [2.05, 4.69) is 24.1 Å². The van der Waals surface area contributed by atoms with Crippen molar-refractivity contribution >= 4 is 5.84 Å². The molecule has 0 aromatic carbocycles. The molecule has 4 fully saturated rings. The Morgan fingerprint density at radius 2 is 1.74 bits per heavy atom. The zero-order chi connectivity index (χ0) is 13.2. The van der Waals surface area contributed by atoms with Crippen LogP contribution in [0, 0.1) is 17.8 Å². The van der Waals surface area contributed by atoms with Crippen LogP contribution in [0.5, 0.6) is 0 Å². The first-order valence-electron chi connectivity index (χ1n) is 8.31. The summed E-state index contributed by atoms with van der Waals surface area (Å²) in [6.07, 6.45) is 7.12. The number of nitrogens with zero attached hydrogens (tertiary/aromatic N) is 2. The number of nitrogens with one attached hydrogen (secondary N) is 1. The lowest BCUT2D eigenvalue weighted by Crippen LogP contribution is -2.36. The van der Waals surface area contributed by atoms with Gasteiger partial charge < -0.3 is 10.2 Å². The maximum Gasteiger partial charge on any atom is 0.0997 e. The van der Waals surface area contributed by atoms with Crippen molar-refractivity contribution in [1.29, 1.82) is 0 Å². The van der Waals surface area contributed by atoms with Crippen molar-refractivity contribution < 1.29 is 0 Å². The first kappa shape index (κ1) is 13.4. The highest BCUT2D eigenvalue weighted by Gasteiger charge is 2.41. The molecule has 4 aliphatic rings. The molecule has 19 heavy (non-hydrogen) atoms. The van der Waals surface area contributed by atoms with Crippen LogP contribution in [0.4, 0.5) is 0 Å². The van der Waals surface area contributed by atoms with Gasteiger partial charge in [0.25, 0.3) is 0 Å². The van der Waals surface area contributed by atoms with E-state index in [9.17, 15) is 0 Å². The predicted octanol–water partition coefficient (Wildman–Crippen LogP) is 2.52. The largest absolute Gasteiger partial charge is 0.371 e. The Labute approximate surface area is 117 Å². The van der Waals surface area contributed by atoms with E-state index in [0.29, 0.717) is 0 Å². The molecule has 2 aliphatic heterocycles. The molecule has 2 unspecified atom stereocenters. The van der Waals surface area contributed by atoms with Crippen LogP contribution in [0.25, 0.3) is 0 Å². The third-order valence-electron chi connectivity index (χ3n) is 5.47. The van der Waals surface area contributed by atoms with Gasteiger partial charge >= 0.3 is 0 Å². The Morgan fingerprint density at radius 1 is 1.05 bits per heavy atom. The van der Waals surface area contributed by atoms with Crippen LogP contribution in [-0.2, 0) is 0 Å². The maximum atomic E-state index is 4.94. The Bertz CT molecular complexity index is 321. The average Bonchev–Trinajstić information content (AvgIpc) is 2.59. The van der Waals surface area contributed by atoms with Crippen LogP contribution in [0.2, 0.25) is 0 Å². The third kappa shape index (κ3) is 2.96. The number of amidine groups is 1. The van der Waals surface area contributed by atoms with Gasteiger partial charge in [-0.1, -0.05) is 13.8 Å². The van der Waals surface area contributed by atoms with Crippen LogP contribution < -0.4 is 5.32 Å². The summed E-state index contributed by atoms with van der Waals surface area (Å²) in [7, 11) is 0. The number of rotatable bonds is 5. The predicted molar refractivity (Wildman–Crippen MR) is 80.6 cm³/mol. The summed E-state index contributed by atoms with van der Waals surface area (Å²) in [5, 5.41) is 3.78. The van der Waals surface area contributed by atoms with E-state index in [4.69, 9.17) is 4.99 Å². The van der Waals surface area contributed by atoms with Gasteiger partial charge in [-0.2, -0.15) is 0 Å². The fourth-order valence-electron chi connectivity index (χ4n) is 4.55. The highest BCUT2D eigenvalue weighted by molar-refractivity contribution is 5.85. The smallest absolute Gasteiger partial charge is 0.0997 e. The van der Waals surface area contributed by atoms with Gasteiger partial charge in [-0.05, 0) is 57.0 Å². The molecule has 2 atom stereocenters. The van der Waals surface area contributed by atoms with Crippen LogP contribution >= 0.6 is 0 Å². The molecule has 0 radical (unpaired) electrons. The van der Waals surface area contributed by atoms with E-state index in [0.717, 1.165) is 50.0 Å². The van der Waals surface area contributed by atoms with Crippen molar-refractivity contribution in [2.75, 3.05) is 26.2 Å². The second-order valence-electron chi connectivity index (χ2n) is 6.74. The van der Waals surface area contributed by atoms with E-state index in [1.165, 1.54) is 37.9 Å². The molecule has 4 bridgehead atoms. The molecule has 2 saturated carbocycles. The van der Waals surface area contributed by atoms with E-state index in [1.807, 2.05) is 0 Å². The highest BCUT2D eigenvalue weighted by atomic mass is 15.1. The SMILES string of the molecule is CCN(CC)CCN=C1NC2CC3CC(C2)CC1C3. The molecule has 1 N–H and O–H groups in total. The van der Waals surface area contributed by atoms with Crippen molar-refractivity contribution in [2.24, 2.45) is 22.7 Å². The Morgan fingerprint density at radius 3 is 2.37 bits per heavy atom. The summed E-state index contributed by atoms with van der Waals surface area (Å²) in [6.45, 7) is 8.85. The van der Waals surface area contributed by atoms with Crippen LogP contribution in [0.3, 0.4) is 0 Å². The number of fused-ring (bicyclic) bond motifs is 1. The van der Waals surface area contributed by atoms with Gasteiger partial charge in [0.15, 0.2) is 0 Å². The van der Waals surface area contributed by atoms with Crippen LogP contribution in [0.15, 0.2) is 4.99 Å². The maximum absolute atomic E-state index is 4.94. The molecule has 2 saturated heterocycles. The summed E-state index contributed by atoms with van der Waals surface area (Å²) < 4.78 is 0. The summed E-state index contributed by atoms with van der Waals surface area (Å²) in [5.74, 6) is 4.10. The molecule has 2 heterocycles. The first-order valence-corrected chi connectivity index (χ1v) is 8.31. The van der Waals surface area contributed by atoms with Crippen LogP contribution in [0.1, 0.15) is 46.0 Å². The van der Waals surface area contributed by atoms with Gasteiger partial charge in [-0.3, -0.25) is 4.99 Å². The van der Waals surface area contributed by atoms with E-state index >= 15 is 0 Å². The fraction of sp³-hybridized carbons (Fsp3) is 0.938. The van der Waals surface area contributed by atoms with E-state index < -0.39 is 0 Å². The standard InChI is InChI=1S/C16H29N3/c1-3-19(4-2)6-5-17-16-14-8-12-7-13(9-14)11-15(10-12)18-16/h12-15H,3-11H2,1-2H3,(H,17,18). The summed E-state index contributed by atoms with van der Waals surface area (Å²) in [6, 6.07) is 0.739. The monoisotopic (exact) mass is 263 g/mol. The molecule has 3 heteroatoms. The molecule has 0 spiro atoms. The number of aliphatic imine (C=N–C) groups is 1. The molecule has 108 valence electrons. The minimum atomic E-state index is 0.739. The lowest BCUT2D eigenvalue weighted by molar-refractivity contribution is 0.162. The number of hydrogen-bond donors (Lipinski definition) is 1. The normalized spacial score (nSPS) is 38.8. The Balaban J connectivity index is 1.61. The van der Waals surface area contributed by atoms with Crippen molar-refractivity contribution in [1.82, 2.24) is 10.2 Å². The zero-order valence-corrected chi connectivity index (χ0v) is 12.6. The zero-order valence-electron chi connectivity index (χ0n) is 12.6. The van der Waals surface area contributed by atoms with Gasteiger partial charge in [0.1, 0.15) is 0 Å². The molecule has 4 rings (SSSR count). The van der Waals surface area contributed by atoms with Gasteiger partial charge in [0, 0.05) is 18.5 Å². The van der Waals surface area contributed by atoms with Gasteiger partial charge in [-0.25, -0.2) is 0 Å².